The summed E-state index contributed by atoms with van der Waals surface area (Å²) in [5.74, 6) is -0.568. The monoisotopic (exact) mass is 322 g/mol. The maximum Gasteiger partial charge on any atom is 0.227 e. The first-order valence-electron chi connectivity index (χ1n) is 7.77. The zero-order valence-corrected chi connectivity index (χ0v) is 12.8. The molecular weight excluding hydrogens is 307 g/mol. The van der Waals surface area contributed by atoms with Gasteiger partial charge < -0.3 is 5.32 Å². The van der Waals surface area contributed by atoms with E-state index in [2.05, 4.69) is 20.5 Å². The molecule has 0 aliphatic heterocycles. The van der Waals surface area contributed by atoms with Gasteiger partial charge in [-0.15, -0.1) is 0 Å². The quantitative estimate of drug-likeness (QED) is 0.771. The Hall–Kier alpha value is -3.02. The lowest BCUT2D eigenvalue weighted by Gasteiger charge is -2.06. The fourth-order valence-corrected chi connectivity index (χ4v) is 2.51. The van der Waals surface area contributed by atoms with Crippen molar-refractivity contribution < 1.29 is 9.18 Å². The zero-order valence-electron chi connectivity index (χ0n) is 12.8. The van der Waals surface area contributed by atoms with Crippen molar-refractivity contribution in [2.75, 3.05) is 5.32 Å². The van der Waals surface area contributed by atoms with Crippen molar-refractivity contribution in [3.63, 3.8) is 0 Å². The second-order valence-corrected chi connectivity index (χ2v) is 5.87. The van der Waals surface area contributed by atoms with Gasteiger partial charge in [-0.1, -0.05) is 12.1 Å². The van der Waals surface area contributed by atoms with Crippen LogP contribution in [0.4, 0.5) is 10.1 Å². The number of nitrogens with zero attached hydrogens (tertiary/aromatic N) is 2. The van der Waals surface area contributed by atoms with Crippen LogP contribution in [-0.4, -0.2) is 21.1 Å². The van der Waals surface area contributed by atoms with Gasteiger partial charge in [-0.25, -0.2) is 4.39 Å². The predicted molar refractivity (Wildman–Crippen MR) is 90.6 cm³/mol. The van der Waals surface area contributed by atoms with Crippen LogP contribution in [0.5, 0.6) is 0 Å². The van der Waals surface area contributed by atoms with Gasteiger partial charge in [0.05, 0.1) is 16.9 Å². The molecule has 1 aromatic carbocycles. The highest BCUT2D eigenvalue weighted by atomic mass is 19.1. The molecule has 1 aliphatic rings. The van der Waals surface area contributed by atoms with Crippen molar-refractivity contribution in [2.45, 2.75) is 12.8 Å². The average molecular weight is 322 g/mol. The maximum atomic E-state index is 14.1. The molecule has 2 heterocycles. The molecule has 2 aromatic heterocycles. The van der Waals surface area contributed by atoms with Gasteiger partial charge in [0.2, 0.25) is 5.91 Å². The molecule has 0 radical (unpaired) electrons. The van der Waals surface area contributed by atoms with E-state index in [4.69, 9.17) is 0 Å². The van der Waals surface area contributed by atoms with Gasteiger partial charge in [-0.3, -0.25) is 14.9 Å². The number of nitrogens with one attached hydrogen (secondary N) is 2. The van der Waals surface area contributed by atoms with Crippen molar-refractivity contribution in [3.8, 4) is 0 Å². The summed E-state index contributed by atoms with van der Waals surface area (Å²) in [6.45, 7) is 0. The fourth-order valence-electron chi connectivity index (χ4n) is 2.51. The zero-order chi connectivity index (χ0) is 16.5. The van der Waals surface area contributed by atoms with Crippen LogP contribution in [0.1, 0.15) is 24.1 Å². The van der Waals surface area contributed by atoms with Crippen molar-refractivity contribution in [1.82, 2.24) is 15.2 Å². The summed E-state index contributed by atoms with van der Waals surface area (Å²) in [6, 6.07) is 6.76. The smallest absolute Gasteiger partial charge is 0.227 e. The number of hydrogen-bond donors (Lipinski definition) is 2. The number of hydrogen-bond acceptors (Lipinski definition) is 3. The third-order valence-corrected chi connectivity index (χ3v) is 4.00. The highest BCUT2D eigenvalue weighted by Gasteiger charge is 2.30. The summed E-state index contributed by atoms with van der Waals surface area (Å²) < 4.78 is 14.1. The van der Waals surface area contributed by atoms with E-state index in [-0.39, 0.29) is 17.5 Å². The SMILES string of the molecule is O=C(Nc1cc2c(C=Cc3cccnc3)n[nH]c2cc1F)C1CC1. The van der Waals surface area contributed by atoms with Gasteiger partial charge in [0.1, 0.15) is 5.82 Å². The molecule has 6 heteroatoms. The molecule has 0 spiro atoms. The van der Waals surface area contributed by atoms with Crippen molar-refractivity contribution >= 4 is 34.6 Å². The van der Waals surface area contributed by atoms with Crippen molar-refractivity contribution in [3.05, 3.63) is 53.7 Å². The van der Waals surface area contributed by atoms with Crippen LogP contribution in [0, 0.1) is 11.7 Å². The van der Waals surface area contributed by atoms with E-state index in [0.29, 0.717) is 11.2 Å². The number of pyridine rings is 1. The van der Waals surface area contributed by atoms with Crippen LogP contribution in [0.15, 0.2) is 36.7 Å². The Morgan fingerprint density at radius 2 is 2.21 bits per heavy atom. The third kappa shape index (κ3) is 2.90. The number of halogens is 1. The molecule has 0 saturated heterocycles. The molecule has 24 heavy (non-hydrogen) atoms. The van der Waals surface area contributed by atoms with Crippen LogP contribution in [0.2, 0.25) is 0 Å². The molecule has 1 saturated carbocycles. The van der Waals surface area contributed by atoms with Crippen LogP contribution in [-0.2, 0) is 4.79 Å². The minimum atomic E-state index is -0.470. The summed E-state index contributed by atoms with van der Waals surface area (Å²) in [4.78, 5) is 15.9. The summed E-state index contributed by atoms with van der Waals surface area (Å²) in [6.07, 6.45) is 8.92. The number of H-pyrrole nitrogens is 1. The molecule has 120 valence electrons. The fraction of sp³-hybridized carbons (Fsp3) is 0.167. The highest BCUT2D eigenvalue weighted by Crippen LogP contribution is 2.31. The van der Waals surface area contributed by atoms with E-state index >= 15 is 0 Å². The second-order valence-electron chi connectivity index (χ2n) is 5.87. The minimum Gasteiger partial charge on any atom is -0.323 e. The second kappa shape index (κ2) is 5.88. The Morgan fingerprint density at radius 3 is 2.96 bits per heavy atom. The summed E-state index contributed by atoms with van der Waals surface area (Å²) >= 11 is 0. The highest BCUT2D eigenvalue weighted by molar-refractivity contribution is 5.98. The van der Waals surface area contributed by atoms with E-state index in [1.807, 2.05) is 24.3 Å². The van der Waals surface area contributed by atoms with E-state index < -0.39 is 5.82 Å². The molecule has 3 aromatic rings. The maximum absolute atomic E-state index is 14.1. The van der Waals surface area contributed by atoms with Gasteiger partial charge in [-0.2, -0.15) is 5.10 Å². The lowest BCUT2D eigenvalue weighted by molar-refractivity contribution is -0.117. The van der Waals surface area contributed by atoms with Crippen LogP contribution in [0.25, 0.3) is 23.1 Å². The molecule has 0 atom stereocenters. The molecule has 0 unspecified atom stereocenters. The third-order valence-electron chi connectivity index (χ3n) is 4.00. The molecule has 5 nitrogen and oxygen atoms in total. The summed E-state index contributed by atoms with van der Waals surface area (Å²) in [5, 5.41) is 10.4. The van der Waals surface area contributed by atoms with Crippen LogP contribution >= 0.6 is 0 Å². The van der Waals surface area contributed by atoms with E-state index in [0.717, 1.165) is 23.8 Å². The first-order chi connectivity index (χ1) is 11.7. The van der Waals surface area contributed by atoms with Crippen molar-refractivity contribution in [1.29, 1.82) is 0 Å². The number of rotatable bonds is 4. The Balaban J connectivity index is 1.66. The van der Waals surface area contributed by atoms with E-state index in [1.165, 1.54) is 6.07 Å². The van der Waals surface area contributed by atoms with Gasteiger partial charge >= 0.3 is 0 Å². The molecule has 1 fully saturated rings. The molecular formula is C18H15FN4O. The number of carbonyl (C=O) groups excluding carboxylic acids is 1. The summed E-state index contributed by atoms with van der Waals surface area (Å²) in [7, 11) is 0. The number of aromatic amines is 1. The Labute approximate surface area is 137 Å². The van der Waals surface area contributed by atoms with Crippen LogP contribution in [0.3, 0.4) is 0 Å². The number of aromatic nitrogens is 3. The molecule has 2 N–H and O–H groups in total. The van der Waals surface area contributed by atoms with E-state index in [9.17, 15) is 9.18 Å². The van der Waals surface area contributed by atoms with Gasteiger partial charge in [0.25, 0.3) is 0 Å². The summed E-state index contributed by atoms with van der Waals surface area (Å²) in [5.41, 5.74) is 2.40. The van der Waals surface area contributed by atoms with Gasteiger partial charge in [0, 0.05) is 29.8 Å². The van der Waals surface area contributed by atoms with Gasteiger partial charge in [0.15, 0.2) is 0 Å². The van der Waals surface area contributed by atoms with Crippen LogP contribution < -0.4 is 5.32 Å². The number of anilines is 1. The first-order valence-corrected chi connectivity index (χ1v) is 7.77. The van der Waals surface area contributed by atoms with Crippen molar-refractivity contribution in [2.24, 2.45) is 5.92 Å². The Morgan fingerprint density at radius 1 is 1.33 bits per heavy atom. The molecule has 4 rings (SSSR count). The molecule has 1 aliphatic carbocycles. The number of amides is 1. The minimum absolute atomic E-state index is 0.0226. The van der Waals surface area contributed by atoms with Gasteiger partial charge in [-0.05, 0) is 36.6 Å². The Bertz CT molecular complexity index is 929. The number of carbonyl (C=O) groups is 1. The lowest BCUT2D eigenvalue weighted by atomic mass is 10.1. The molecule has 1 amide bonds. The topological polar surface area (TPSA) is 70.7 Å². The molecule has 0 bridgehead atoms. The normalized spacial score (nSPS) is 14.4. The lowest BCUT2D eigenvalue weighted by Crippen LogP contribution is -2.14. The number of benzene rings is 1. The standard InChI is InChI=1S/C18H15FN4O/c19-14-9-16-13(8-17(14)21-18(24)12-4-5-12)15(22-23-16)6-3-11-2-1-7-20-10-11/h1-3,6-10,12H,4-5H2,(H,21,24)(H,22,23). The first kappa shape index (κ1) is 14.6. The number of fused-ring (bicyclic) bond motifs is 1. The Kier molecular flexibility index (Phi) is 3.57. The average Bonchev–Trinajstić information content (AvgIpc) is 3.37. The largest absolute Gasteiger partial charge is 0.323 e. The predicted octanol–water partition coefficient (Wildman–Crippen LogP) is 3.62. The van der Waals surface area contributed by atoms with E-state index in [1.54, 1.807) is 18.5 Å².